The second-order valence-electron chi connectivity index (χ2n) is 8.95. The molecule has 9 nitrogen and oxygen atoms in total. The highest BCUT2D eigenvalue weighted by atomic mass is 35.5. The number of hydrogen-bond acceptors (Lipinski definition) is 6. The minimum Gasteiger partial charge on any atom is -0.486 e. The van der Waals surface area contributed by atoms with Gasteiger partial charge in [-0.2, -0.15) is 5.10 Å². The molecule has 180 valence electrons. The van der Waals surface area contributed by atoms with E-state index in [-0.39, 0.29) is 17.9 Å². The standard InChI is InChI=1S/C24H23Cl2N7O2/c1-12(21-16(25)8-28-9-17(21)26)35-14-2-3-18-15(6-14)22(32-31-18)23-29-19-10-33(11-20(19)30-23)24(34)13-4-5-27-7-13/h2-3,6,8-9,12-13,27H,4-5,7,10-11H2,1H3,(H,29,30)(H,31,32)/t12?,13-/m1/s1. The fraction of sp³-hybridized carbons (Fsp3) is 0.333. The van der Waals surface area contributed by atoms with Crippen LogP contribution in [-0.4, -0.2) is 49.0 Å². The number of aromatic nitrogens is 5. The van der Waals surface area contributed by atoms with Crippen molar-refractivity contribution in [3.63, 3.8) is 0 Å². The molecule has 1 amide bonds. The third-order valence-electron chi connectivity index (χ3n) is 6.64. The van der Waals surface area contributed by atoms with Gasteiger partial charge in [-0.1, -0.05) is 23.2 Å². The minimum atomic E-state index is -0.378. The summed E-state index contributed by atoms with van der Waals surface area (Å²) in [5, 5.41) is 12.6. The van der Waals surface area contributed by atoms with Gasteiger partial charge in [0.1, 0.15) is 17.5 Å². The van der Waals surface area contributed by atoms with Crippen molar-refractivity contribution in [3.05, 3.63) is 57.6 Å². The molecule has 11 heteroatoms. The molecule has 2 atom stereocenters. The normalized spacial score (nSPS) is 18.3. The molecule has 0 spiro atoms. The first-order valence-electron chi connectivity index (χ1n) is 11.5. The Bertz CT molecular complexity index is 1380. The Labute approximate surface area is 211 Å². The topological polar surface area (TPSA) is 112 Å². The number of carbonyl (C=O) groups is 1. The smallest absolute Gasteiger partial charge is 0.227 e. The lowest BCUT2D eigenvalue weighted by molar-refractivity contribution is -0.135. The van der Waals surface area contributed by atoms with Crippen LogP contribution in [0.1, 0.15) is 36.4 Å². The Morgan fingerprint density at radius 1 is 1.23 bits per heavy atom. The Morgan fingerprint density at radius 2 is 2.06 bits per heavy atom. The van der Waals surface area contributed by atoms with Crippen molar-refractivity contribution in [1.82, 2.24) is 35.4 Å². The van der Waals surface area contributed by atoms with Gasteiger partial charge in [0.15, 0.2) is 5.82 Å². The van der Waals surface area contributed by atoms with Crippen LogP contribution in [0.3, 0.4) is 0 Å². The molecule has 1 fully saturated rings. The van der Waals surface area contributed by atoms with Crippen molar-refractivity contribution in [2.45, 2.75) is 32.5 Å². The summed E-state index contributed by atoms with van der Waals surface area (Å²) < 4.78 is 6.16. The molecule has 0 radical (unpaired) electrons. The van der Waals surface area contributed by atoms with Gasteiger partial charge in [-0.25, -0.2) is 4.98 Å². The quantitative estimate of drug-likeness (QED) is 0.369. The molecule has 4 aromatic rings. The Kier molecular flexibility index (Phi) is 5.63. The molecule has 3 aromatic heterocycles. The maximum Gasteiger partial charge on any atom is 0.227 e. The number of fused-ring (bicyclic) bond motifs is 2. The van der Waals surface area contributed by atoms with Crippen LogP contribution in [0.4, 0.5) is 0 Å². The maximum absolute atomic E-state index is 12.8. The number of halogens is 2. The molecule has 6 rings (SSSR count). The van der Waals surface area contributed by atoms with Crippen LogP contribution in [-0.2, 0) is 17.9 Å². The zero-order chi connectivity index (χ0) is 24.1. The molecule has 1 aromatic carbocycles. The van der Waals surface area contributed by atoms with Crippen LogP contribution in [0.15, 0.2) is 30.6 Å². The summed E-state index contributed by atoms with van der Waals surface area (Å²) in [5.41, 5.74) is 4.09. The average Bonchev–Trinajstić information content (AvgIpc) is 3.61. The summed E-state index contributed by atoms with van der Waals surface area (Å²) in [4.78, 5) is 26.8. The number of nitrogens with zero attached hydrogens (tertiary/aromatic N) is 4. The van der Waals surface area contributed by atoms with Crippen LogP contribution >= 0.6 is 23.2 Å². The molecule has 0 bridgehead atoms. The van der Waals surface area contributed by atoms with E-state index in [1.807, 2.05) is 30.0 Å². The Morgan fingerprint density at radius 3 is 2.80 bits per heavy atom. The van der Waals surface area contributed by atoms with E-state index < -0.39 is 0 Å². The predicted molar refractivity (Wildman–Crippen MR) is 132 cm³/mol. The maximum atomic E-state index is 12.8. The van der Waals surface area contributed by atoms with Gasteiger partial charge in [-0.3, -0.25) is 14.9 Å². The molecule has 3 N–H and O–H groups in total. The van der Waals surface area contributed by atoms with E-state index in [9.17, 15) is 4.79 Å². The van der Waals surface area contributed by atoms with Crippen LogP contribution in [0.25, 0.3) is 22.4 Å². The van der Waals surface area contributed by atoms with Crippen molar-refractivity contribution in [1.29, 1.82) is 0 Å². The van der Waals surface area contributed by atoms with E-state index in [0.717, 1.165) is 41.8 Å². The van der Waals surface area contributed by atoms with E-state index in [4.69, 9.17) is 32.9 Å². The van der Waals surface area contributed by atoms with E-state index >= 15 is 0 Å². The molecule has 35 heavy (non-hydrogen) atoms. The van der Waals surface area contributed by atoms with Crippen LogP contribution < -0.4 is 10.1 Å². The van der Waals surface area contributed by atoms with Crippen LogP contribution in [0.2, 0.25) is 10.0 Å². The Hall–Kier alpha value is -3.14. The average molecular weight is 512 g/mol. The van der Waals surface area contributed by atoms with Crippen LogP contribution in [0, 0.1) is 5.92 Å². The van der Waals surface area contributed by atoms with Crippen molar-refractivity contribution < 1.29 is 9.53 Å². The monoisotopic (exact) mass is 511 g/mol. The number of pyridine rings is 1. The molecule has 2 aliphatic rings. The third kappa shape index (κ3) is 4.03. The number of benzene rings is 1. The van der Waals surface area contributed by atoms with Gasteiger partial charge in [0.25, 0.3) is 0 Å². The second kappa shape index (κ2) is 8.82. The van der Waals surface area contributed by atoms with Crippen LogP contribution in [0.5, 0.6) is 5.75 Å². The second-order valence-corrected chi connectivity index (χ2v) is 9.77. The molecule has 1 saturated heterocycles. The summed E-state index contributed by atoms with van der Waals surface area (Å²) in [6.45, 7) is 4.60. The zero-order valence-corrected chi connectivity index (χ0v) is 20.5. The fourth-order valence-corrected chi connectivity index (χ4v) is 5.52. The van der Waals surface area contributed by atoms with Gasteiger partial charge in [0.05, 0.1) is 46.0 Å². The van der Waals surface area contributed by atoms with Gasteiger partial charge >= 0.3 is 0 Å². The first-order chi connectivity index (χ1) is 17.0. The van der Waals surface area contributed by atoms with Crippen molar-refractivity contribution >= 4 is 40.0 Å². The lowest BCUT2D eigenvalue weighted by Crippen LogP contribution is -2.33. The van der Waals surface area contributed by atoms with Gasteiger partial charge in [0, 0.05) is 29.9 Å². The van der Waals surface area contributed by atoms with Gasteiger partial charge in [0.2, 0.25) is 5.91 Å². The number of imidazole rings is 1. The summed E-state index contributed by atoms with van der Waals surface area (Å²) in [7, 11) is 0. The first kappa shape index (κ1) is 22.3. The molecule has 5 heterocycles. The number of aromatic amines is 2. The summed E-state index contributed by atoms with van der Waals surface area (Å²) in [6.07, 6.45) is 3.62. The summed E-state index contributed by atoms with van der Waals surface area (Å²) in [6, 6.07) is 5.70. The largest absolute Gasteiger partial charge is 0.486 e. The number of carbonyl (C=O) groups excluding carboxylic acids is 1. The van der Waals surface area contributed by atoms with E-state index in [2.05, 4.69) is 25.5 Å². The summed E-state index contributed by atoms with van der Waals surface area (Å²) >= 11 is 12.6. The zero-order valence-electron chi connectivity index (χ0n) is 18.9. The fourth-order valence-electron chi connectivity index (χ4n) is 4.85. The van der Waals surface area contributed by atoms with E-state index in [0.29, 0.717) is 46.0 Å². The molecule has 0 saturated carbocycles. The molecule has 1 unspecified atom stereocenters. The molecular weight excluding hydrogens is 489 g/mol. The van der Waals surface area contributed by atoms with Gasteiger partial charge in [-0.05, 0) is 38.1 Å². The lowest BCUT2D eigenvalue weighted by Gasteiger charge is -2.19. The highest BCUT2D eigenvalue weighted by Gasteiger charge is 2.33. The number of hydrogen-bond donors (Lipinski definition) is 3. The summed E-state index contributed by atoms with van der Waals surface area (Å²) in [5.74, 6) is 1.57. The minimum absolute atomic E-state index is 0.0616. The number of nitrogens with one attached hydrogen (secondary N) is 3. The van der Waals surface area contributed by atoms with Gasteiger partial charge in [-0.15, -0.1) is 0 Å². The lowest BCUT2D eigenvalue weighted by atomic mass is 10.1. The molecular formula is C24H23Cl2N7O2. The van der Waals surface area contributed by atoms with E-state index in [1.54, 1.807) is 12.4 Å². The predicted octanol–water partition coefficient (Wildman–Crippen LogP) is 4.25. The highest BCUT2D eigenvalue weighted by Crippen LogP contribution is 2.35. The van der Waals surface area contributed by atoms with Crippen molar-refractivity contribution in [2.24, 2.45) is 5.92 Å². The first-order valence-corrected chi connectivity index (χ1v) is 12.2. The molecule has 2 aliphatic heterocycles. The van der Waals surface area contributed by atoms with Crippen molar-refractivity contribution in [2.75, 3.05) is 13.1 Å². The number of ether oxygens (including phenoxy) is 1. The highest BCUT2D eigenvalue weighted by molar-refractivity contribution is 6.35. The number of amides is 1. The third-order valence-corrected chi connectivity index (χ3v) is 7.25. The number of H-pyrrole nitrogens is 2. The SMILES string of the molecule is CC(Oc1ccc2[nH]nc(-c3nc4c([nH]3)CN(C(=O)[C@@H]3CCNC3)C4)c2c1)c1c(Cl)cncc1Cl. The number of rotatable bonds is 5. The Balaban J connectivity index is 1.24. The van der Waals surface area contributed by atoms with E-state index in [1.165, 1.54) is 0 Å². The molecule has 0 aliphatic carbocycles. The van der Waals surface area contributed by atoms with Gasteiger partial charge < -0.3 is 19.9 Å². The van der Waals surface area contributed by atoms with Crippen molar-refractivity contribution in [3.8, 4) is 17.3 Å².